The summed E-state index contributed by atoms with van der Waals surface area (Å²) in [4.78, 5) is 22.4. The Morgan fingerprint density at radius 2 is 1.86 bits per heavy atom. The van der Waals surface area contributed by atoms with Crippen molar-refractivity contribution in [3.8, 4) is 0 Å². The number of nitrogens with two attached hydrogens (primary N) is 1. The van der Waals surface area contributed by atoms with Gasteiger partial charge in [-0.15, -0.1) is 11.3 Å². The number of aliphatic hydroxyl groups is 1. The van der Waals surface area contributed by atoms with Gasteiger partial charge < -0.3 is 15.9 Å². The number of hydrogen-bond acceptors (Lipinski definition) is 5. The Kier molecular flexibility index (Phi) is 4.39. The van der Waals surface area contributed by atoms with E-state index in [9.17, 15) is 14.7 Å². The van der Waals surface area contributed by atoms with Crippen molar-refractivity contribution >= 4 is 34.5 Å². The second-order valence-corrected chi connectivity index (χ2v) is 5.41. The minimum absolute atomic E-state index is 0.345. The highest BCUT2D eigenvalue weighted by Crippen LogP contribution is 2.23. The first kappa shape index (κ1) is 14.8. The summed E-state index contributed by atoms with van der Waals surface area (Å²) in [5.74, 6) is -3.10. The third-order valence-electron chi connectivity index (χ3n) is 2.79. The van der Waals surface area contributed by atoms with Crippen LogP contribution < -0.4 is 5.73 Å². The quantitative estimate of drug-likeness (QED) is 0.341. The van der Waals surface area contributed by atoms with Crippen LogP contribution in [0.4, 0.5) is 5.69 Å². The summed E-state index contributed by atoms with van der Waals surface area (Å²) in [7, 11) is 0. The van der Waals surface area contributed by atoms with Crippen LogP contribution in [0.1, 0.15) is 16.0 Å². The van der Waals surface area contributed by atoms with Crippen molar-refractivity contribution in [2.24, 2.45) is 0 Å². The van der Waals surface area contributed by atoms with Crippen LogP contribution in [0, 0.1) is 0 Å². The molecule has 0 bridgehead atoms. The molecule has 1 heterocycles. The zero-order valence-electron chi connectivity index (χ0n) is 10.9. The number of carbonyl (C=O) groups is 2. The molecule has 4 N–H and O–H groups in total. The van der Waals surface area contributed by atoms with Crippen LogP contribution >= 0.6 is 11.3 Å². The maximum absolute atomic E-state index is 11.0. The molecule has 2 aromatic rings. The van der Waals surface area contributed by atoms with E-state index in [0.717, 1.165) is 10.4 Å². The van der Waals surface area contributed by atoms with E-state index in [1.54, 1.807) is 11.4 Å². The molecule has 1 aromatic heterocycles. The standard InChI is InChI=1S/C15H13NO4S/c16-11-3-1-9(2-4-11)5-12-6-10(8-21-12)13(17)7-14(18)15(19)20/h1-4,6-8,17H,5,16H2,(H,19,20). The fourth-order valence-corrected chi connectivity index (χ4v) is 2.63. The summed E-state index contributed by atoms with van der Waals surface area (Å²) < 4.78 is 0. The first-order valence-corrected chi connectivity index (χ1v) is 6.94. The third kappa shape index (κ3) is 3.93. The van der Waals surface area contributed by atoms with E-state index >= 15 is 0 Å². The summed E-state index contributed by atoms with van der Waals surface area (Å²) in [6.07, 6.45) is 1.38. The van der Waals surface area contributed by atoms with Gasteiger partial charge in [0.1, 0.15) is 5.76 Å². The summed E-state index contributed by atoms with van der Waals surface area (Å²) in [6.45, 7) is 0. The van der Waals surface area contributed by atoms with Gasteiger partial charge in [-0.3, -0.25) is 4.79 Å². The molecule has 0 aliphatic heterocycles. The van der Waals surface area contributed by atoms with Crippen LogP contribution in [-0.2, 0) is 16.0 Å². The lowest BCUT2D eigenvalue weighted by Gasteiger charge is -1.99. The molecule has 108 valence electrons. The number of aliphatic carboxylic acids is 1. The number of rotatable bonds is 5. The second kappa shape index (κ2) is 6.23. The highest BCUT2D eigenvalue weighted by Gasteiger charge is 2.11. The fraction of sp³-hybridized carbons (Fsp3) is 0.0667. The Bertz CT molecular complexity index is 701. The maximum Gasteiger partial charge on any atom is 0.376 e. The van der Waals surface area contributed by atoms with Crippen molar-refractivity contribution in [2.75, 3.05) is 5.73 Å². The first-order valence-electron chi connectivity index (χ1n) is 6.06. The first-order chi connectivity index (χ1) is 9.95. The second-order valence-electron chi connectivity index (χ2n) is 4.42. The van der Waals surface area contributed by atoms with E-state index in [-0.39, 0.29) is 5.76 Å². The zero-order valence-corrected chi connectivity index (χ0v) is 11.8. The van der Waals surface area contributed by atoms with E-state index in [1.165, 1.54) is 11.3 Å². The van der Waals surface area contributed by atoms with Crippen LogP contribution in [0.5, 0.6) is 0 Å². The molecule has 0 amide bonds. The van der Waals surface area contributed by atoms with Crippen LogP contribution in [-0.4, -0.2) is 22.0 Å². The minimum atomic E-state index is -1.60. The van der Waals surface area contributed by atoms with E-state index < -0.39 is 11.8 Å². The number of anilines is 1. The number of aliphatic hydroxyl groups excluding tert-OH is 1. The predicted molar refractivity (Wildman–Crippen MR) is 81.2 cm³/mol. The number of thiophene rings is 1. The average molecular weight is 303 g/mol. The van der Waals surface area contributed by atoms with Gasteiger partial charge in [0.15, 0.2) is 0 Å². The predicted octanol–water partition coefficient (Wildman–Crippen LogP) is 2.47. The molecular weight excluding hydrogens is 290 g/mol. The maximum atomic E-state index is 11.0. The molecule has 0 fully saturated rings. The van der Waals surface area contributed by atoms with Crippen LogP contribution in [0.15, 0.2) is 41.8 Å². The van der Waals surface area contributed by atoms with Crippen LogP contribution in [0.3, 0.4) is 0 Å². The van der Waals surface area contributed by atoms with Crippen molar-refractivity contribution in [3.63, 3.8) is 0 Å². The minimum Gasteiger partial charge on any atom is -0.507 e. The molecule has 2 rings (SSSR count). The number of hydrogen-bond donors (Lipinski definition) is 3. The molecule has 5 nitrogen and oxygen atoms in total. The molecule has 0 unspecified atom stereocenters. The molecule has 0 spiro atoms. The molecule has 1 aromatic carbocycles. The Morgan fingerprint density at radius 1 is 1.19 bits per heavy atom. The highest BCUT2D eigenvalue weighted by atomic mass is 32.1. The number of carbonyl (C=O) groups excluding carboxylic acids is 1. The molecule has 0 radical (unpaired) electrons. The largest absolute Gasteiger partial charge is 0.507 e. The summed E-state index contributed by atoms with van der Waals surface area (Å²) in [6, 6.07) is 9.18. The lowest BCUT2D eigenvalue weighted by Crippen LogP contribution is -2.09. The van der Waals surface area contributed by atoms with Gasteiger partial charge in [-0.1, -0.05) is 12.1 Å². The zero-order chi connectivity index (χ0) is 15.4. The Balaban J connectivity index is 2.12. The molecule has 0 atom stereocenters. The monoisotopic (exact) mass is 303 g/mol. The number of ketones is 1. The van der Waals surface area contributed by atoms with E-state index in [4.69, 9.17) is 10.8 Å². The van der Waals surface area contributed by atoms with Gasteiger partial charge in [-0.25, -0.2) is 4.79 Å². The molecule has 0 aliphatic carbocycles. The van der Waals surface area contributed by atoms with Gasteiger partial charge in [0.25, 0.3) is 5.78 Å². The molecule has 0 aliphatic rings. The molecule has 6 heteroatoms. The summed E-state index contributed by atoms with van der Waals surface area (Å²) in [5, 5.41) is 19.9. The smallest absolute Gasteiger partial charge is 0.376 e. The Morgan fingerprint density at radius 3 is 2.48 bits per heavy atom. The van der Waals surface area contributed by atoms with E-state index in [0.29, 0.717) is 23.7 Å². The van der Waals surface area contributed by atoms with Crippen LogP contribution in [0.2, 0.25) is 0 Å². The summed E-state index contributed by atoms with van der Waals surface area (Å²) in [5.41, 5.74) is 7.81. The van der Waals surface area contributed by atoms with Crippen molar-refractivity contribution in [1.82, 2.24) is 0 Å². The summed E-state index contributed by atoms with van der Waals surface area (Å²) >= 11 is 1.42. The van der Waals surface area contributed by atoms with Crippen molar-refractivity contribution in [2.45, 2.75) is 6.42 Å². The van der Waals surface area contributed by atoms with Gasteiger partial charge in [-0.2, -0.15) is 0 Å². The Labute approximate surface area is 125 Å². The lowest BCUT2D eigenvalue weighted by atomic mass is 10.1. The normalized spacial score (nSPS) is 11.3. The average Bonchev–Trinajstić information content (AvgIpc) is 2.90. The van der Waals surface area contributed by atoms with Gasteiger partial charge in [0.05, 0.1) is 0 Å². The van der Waals surface area contributed by atoms with Crippen molar-refractivity contribution in [3.05, 3.63) is 57.8 Å². The van der Waals surface area contributed by atoms with E-state index in [2.05, 4.69) is 0 Å². The number of carboxylic acid groups (broad SMARTS) is 1. The van der Waals surface area contributed by atoms with Crippen molar-refractivity contribution < 1.29 is 19.8 Å². The molecule has 21 heavy (non-hydrogen) atoms. The SMILES string of the molecule is Nc1ccc(Cc2cc(C(O)=CC(=O)C(=O)O)cs2)cc1. The number of nitrogen functional groups attached to an aromatic ring is 1. The molecular formula is C15H13NO4S. The molecule has 0 saturated carbocycles. The van der Waals surface area contributed by atoms with Crippen LogP contribution in [0.25, 0.3) is 5.76 Å². The number of carboxylic acids is 1. The topological polar surface area (TPSA) is 101 Å². The Hall–Kier alpha value is -2.60. The van der Waals surface area contributed by atoms with Gasteiger partial charge in [0.2, 0.25) is 0 Å². The van der Waals surface area contributed by atoms with Gasteiger partial charge in [0, 0.05) is 34.0 Å². The third-order valence-corrected chi connectivity index (χ3v) is 3.72. The fourth-order valence-electron chi connectivity index (χ4n) is 1.71. The number of benzene rings is 1. The highest BCUT2D eigenvalue weighted by molar-refractivity contribution is 7.10. The van der Waals surface area contributed by atoms with E-state index in [1.807, 2.05) is 24.3 Å². The van der Waals surface area contributed by atoms with Gasteiger partial charge >= 0.3 is 5.97 Å². The van der Waals surface area contributed by atoms with Crippen molar-refractivity contribution in [1.29, 1.82) is 0 Å². The lowest BCUT2D eigenvalue weighted by molar-refractivity contribution is -0.146. The molecule has 0 saturated heterocycles. The van der Waals surface area contributed by atoms with Gasteiger partial charge in [-0.05, 0) is 23.8 Å².